The van der Waals surface area contributed by atoms with E-state index in [9.17, 15) is 4.79 Å². The first-order valence-electron chi connectivity index (χ1n) is 8.72. The van der Waals surface area contributed by atoms with Crippen molar-refractivity contribution in [2.45, 2.75) is 19.3 Å². The number of hydrogen-bond acceptors (Lipinski definition) is 8. The highest BCUT2D eigenvalue weighted by Crippen LogP contribution is 2.16. The summed E-state index contributed by atoms with van der Waals surface area (Å²) in [6, 6.07) is 8.51. The lowest BCUT2D eigenvalue weighted by atomic mass is 10.2. The quantitative estimate of drug-likeness (QED) is 0.568. The fourth-order valence-corrected chi connectivity index (χ4v) is 2.31. The maximum absolute atomic E-state index is 12.6. The molecule has 0 saturated heterocycles. The highest BCUT2D eigenvalue weighted by Gasteiger charge is 2.15. The Balaban J connectivity index is 2.10. The lowest BCUT2D eigenvalue weighted by Crippen LogP contribution is -2.18. The molecule has 4 N–H and O–H groups in total. The topological polar surface area (TPSA) is 133 Å². The van der Waals surface area contributed by atoms with E-state index in [1.54, 1.807) is 18.2 Å². The van der Waals surface area contributed by atoms with Gasteiger partial charge in [-0.2, -0.15) is 5.26 Å². The second kappa shape index (κ2) is 10.0. The zero-order valence-corrected chi connectivity index (χ0v) is 15.6. The van der Waals surface area contributed by atoms with Crippen LogP contribution < -0.4 is 21.3 Å². The fraction of sp³-hybridized carbons (Fsp3) is 0.389. The molecular weight excluding hydrogens is 344 g/mol. The maximum Gasteiger partial charge on any atom is 0.260 e. The van der Waals surface area contributed by atoms with Crippen molar-refractivity contribution in [2.75, 3.05) is 42.7 Å². The molecule has 0 unspecified atom stereocenters. The van der Waals surface area contributed by atoms with Gasteiger partial charge in [-0.1, -0.05) is 6.42 Å². The number of nitriles is 1. The summed E-state index contributed by atoms with van der Waals surface area (Å²) in [5.74, 6) is 1.03. The second-order valence-corrected chi connectivity index (χ2v) is 6.11. The molecule has 2 aromatic heterocycles. The first kappa shape index (κ1) is 20.1. The van der Waals surface area contributed by atoms with Gasteiger partial charge in [0.25, 0.3) is 5.91 Å². The molecule has 142 valence electrons. The van der Waals surface area contributed by atoms with E-state index in [4.69, 9.17) is 11.0 Å². The Hall–Kier alpha value is -3.25. The van der Waals surface area contributed by atoms with Crippen LogP contribution in [0.4, 0.5) is 17.5 Å². The van der Waals surface area contributed by atoms with Crippen LogP contribution in [0.5, 0.6) is 0 Å². The van der Waals surface area contributed by atoms with Crippen LogP contribution in [0.2, 0.25) is 0 Å². The molecule has 0 fully saturated rings. The van der Waals surface area contributed by atoms with Gasteiger partial charge >= 0.3 is 0 Å². The Labute approximate surface area is 158 Å². The van der Waals surface area contributed by atoms with Crippen LogP contribution in [0.15, 0.2) is 24.3 Å². The molecule has 0 atom stereocenters. The second-order valence-electron chi connectivity index (χ2n) is 6.11. The maximum atomic E-state index is 12.6. The summed E-state index contributed by atoms with van der Waals surface area (Å²) in [5.41, 5.74) is 6.07. The molecule has 0 aromatic carbocycles. The van der Waals surface area contributed by atoms with Gasteiger partial charge in [-0.3, -0.25) is 4.79 Å². The minimum absolute atomic E-state index is 0.242. The van der Waals surface area contributed by atoms with Crippen molar-refractivity contribution in [3.8, 4) is 6.07 Å². The predicted molar refractivity (Wildman–Crippen MR) is 105 cm³/mol. The largest absolute Gasteiger partial charge is 0.369 e. The van der Waals surface area contributed by atoms with Crippen molar-refractivity contribution in [3.05, 3.63) is 35.5 Å². The summed E-state index contributed by atoms with van der Waals surface area (Å²) in [6.45, 7) is 1.29. The van der Waals surface area contributed by atoms with Crippen LogP contribution in [0.25, 0.3) is 0 Å². The van der Waals surface area contributed by atoms with Crippen molar-refractivity contribution in [1.29, 1.82) is 5.26 Å². The molecule has 9 heteroatoms. The number of unbranched alkanes of at least 4 members (excludes halogenated alkanes) is 2. The monoisotopic (exact) mass is 368 g/mol. The van der Waals surface area contributed by atoms with E-state index in [-0.39, 0.29) is 11.6 Å². The number of amides is 1. The molecule has 1 amide bonds. The number of aromatic nitrogens is 3. The van der Waals surface area contributed by atoms with Crippen LogP contribution in [-0.4, -0.2) is 48.3 Å². The standard InChI is InChI=1S/C18H24N8O/c1-26(2)16-9-8-15(24-25-16)23-18(27)14-7-6-13(12-20)22-17(14)21-11-5-3-4-10-19/h6-9H,3-5,10-11,19H2,1-2H3,(H,21,22)(H,23,24,27). The van der Waals surface area contributed by atoms with Gasteiger partial charge < -0.3 is 21.3 Å². The van der Waals surface area contributed by atoms with E-state index in [1.807, 2.05) is 25.1 Å². The highest BCUT2D eigenvalue weighted by atomic mass is 16.1. The Bertz CT molecular complexity index is 798. The van der Waals surface area contributed by atoms with Crippen molar-refractivity contribution < 1.29 is 4.79 Å². The van der Waals surface area contributed by atoms with Gasteiger partial charge in [-0.15, -0.1) is 10.2 Å². The lowest BCUT2D eigenvalue weighted by molar-refractivity contribution is 0.102. The number of carbonyl (C=O) groups excluding carboxylic acids is 1. The number of carbonyl (C=O) groups is 1. The van der Waals surface area contributed by atoms with Crippen LogP contribution in [-0.2, 0) is 0 Å². The van der Waals surface area contributed by atoms with Crippen molar-refractivity contribution >= 4 is 23.4 Å². The van der Waals surface area contributed by atoms with Gasteiger partial charge in [-0.05, 0) is 43.7 Å². The molecule has 0 saturated carbocycles. The normalized spacial score (nSPS) is 10.1. The third-order valence-corrected chi connectivity index (χ3v) is 3.78. The Morgan fingerprint density at radius 2 is 2.00 bits per heavy atom. The van der Waals surface area contributed by atoms with E-state index >= 15 is 0 Å². The Morgan fingerprint density at radius 3 is 2.63 bits per heavy atom. The van der Waals surface area contributed by atoms with Gasteiger partial charge in [0.15, 0.2) is 11.6 Å². The summed E-state index contributed by atoms with van der Waals surface area (Å²) < 4.78 is 0. The molecule has 2 heterocycles. The van der Waals surface area contributed by atoms with Gasteiger partial charge in [0.05, 0.1) is 5.56 Å². The summed E-state index contributed by atoms with van der Waals surface area (Å²) >= 11 is 0. The van der Waals surface area contributed by atoms with Crippen molar-refractivity contribution in [2.24, 2.45) is 5.73 Å². The van der Waals surface area contributed by atoms with E-state index in [1.165, 1.54) is 6.07 Å². The smallest absolute Gasteiger partial charge is 0.260 e. The molecule has 0 aliphatic rings. The van der Waals surface area contributed by atoms with Gasteiger partial charge in [0.2, 0.25) is 0 Å². The number of hydrogen-bond donors (Lipinski definition) is 3. The number of rotatable bonds is 9. The SMILES string of the molecule is CN(C)c1ccc(NC(=O)c2ccc(C#N)nc2NCCCCCN)nn1. The first-order valence-corrected chi connectivity index (χ1v) is 8.72. The minimum atomic E-state index is -0.372. The zero-order chi connectivity index (χ0) is 19.6. The third-order valence-electron chi connectivity index (χ3n) is 3.78. The molecule has 2 aromatic rings. The van der Waals surface area contributed by atoms with Gasteiger partial charge in [-0.25, -0.2) is 4.98 Å². The third kappa shape index (κ3) is 5.90. The van der Waals surface area contributed by atoms with Crippen molar-refractivity contribution in [1.82, 2.24) is 15.2 Å². The van der Waals surface area contributed by atoms with Crippen molar-refractivity contribution in [3.63, 3.8) is 0 Å². The summed E-state index contributed by atoms with van der Waals surface area (Å²) in [6.07, 6.45) is 2.83. The van der Waals surface area contributed by atoms with Gasteiger partial charge in [0.1, 0.15) is 17.6 Å². The number of pyridine rings is 1. The molecule has 0 aliphatic heterocycles. The number of nitrogens with two attached hydrogens (primary N) is 1. The van der Waals surface area contributed by atoms with Crippen LogP contribution >= 0.6 is 0 Å². The van der Waals surface area contributed by atoms with Crippen LogP contribution in [0.3, 0.4) is 0 Å². The molecule has 27 heavy (non-hydrogen) atoms. The number of anilines is 3. The average Bonchev–Trinajstić information content (AvgIpc) is 2.68. The zero-order valence-electron chi connectivity index (χ0n) is 15.6. The summed E-state index contributed by atoms with van der Waals surface area (Å²) in [7, 11) is 3.71. The Morgan fingerprint density at radius 1 is 1.19 bits per heavy atom. The summed E-state index contributed by atoms with van der Waals surface area (Å²) in [4.78, 5) is 18.6. The fourth-order valence-electron chi connectivity index (χ4n) is 2.31. The molecule has 0 spiro atoms. The van der Waals surface area contributed by atoms with Crippen LogP contribution in [0, 0.1) is 11.3 Å². The molecule has 0 aliphatic carbocycles. The van der Waals surface area contributed by atoms with E-state index < -0.39 is 0 Å². The van der Waals surface area contributed by atoms with Gasteiger partial charge in [0, 0.05) is 20.6 Å². The van der Waals surface area contributed by atoms with Crippen LogP contribution in [0.1, 0.15) is 35.3 Å². The average molecular weight is 368 g/mol. The number of nitrogens with one attached hydrogen (secondary N) is 2. The first-order chi connectivity index (χ1) is 13.0. The lowest BCUT2D eigenvalue weighted by Gasteiger charge is -2.12. The predicted octanol–water partition coefficient (Wildman–Crippen LogP) is 1.60. The number of nitrogens with zero attached hydrogens (tertiary/aromatic N) is 5. The highest BCUT2D eigenvalue weighted by molar-refractivity contribution is 6.07. The summed E-state index contributed by atoms with van der Waals surface area (Å²) in [5, 5.41) is 22.9. The van der Waals surface area contributed by atoms with E-state index in [0.717, 1.165) is 19.3 Å². The van der Waals surface area contributed by atoms with E-state index in [2.05, 4.69) is 25.8 Å². The molecule has 2 rings (SSSR count). The minimum Gasteiger partial charge on any atom is -0.369 e. The molecular formula is C18H24N8O. The van der Waals surface area contributed by atoms with E-state index in [0.29, 0.717) is 36.1 Å². The Kier molecular flexibility index (Phi) is 7.46. The molecule has 0 radical (unpaired) electrons. The molecule has 0 bridgehead atoms. The molecule has 9 nitrogen and oxygen atoms in total.